The van der Waals surface area contributed by atoms with Gasteiger partial charge in [-0.05, 0) is 68.9 Å². The van der Waals surface area contributed by atoms with E-state index >= 15 is 0 Å². The second kappa shape index (κ2) is 7.35. The van der Waals surface area contributed by atoms with E-state index < -0.39 is 6.36 Å². The molecule has 1 aromatic heterocycles. The van der Waals surface area contributed by atoms with Crippen LogP contribution in [0.1, 0.15) is 55.8 Å². The second-order valence-corrected chi connectivity index (χ2v) is 8.39. The van der Waals surface area contributed by atoms with E-state index in [0.29, 0.717) is 24.1 Å². The van der Waals surface area contributed by atoms with Crippen molar-refractivity contribution in [2.45, 2.75) is 63.5 Å². The molecular weight excluding hydrogens is 383 g/mol. The van der Waals surface area contributed by atoms with Gasteiger partial charge in [0.2, 0.25) is 0 Å². The molecule has 3 fully saturated rings. The summed E-state index contributed by atoms with van der Waals surface area (Å²) in [5, 5.41) is 4.14. The van der Waals surface area contributed by atoms with Crippen molar-refractivity contribution in [3.05, 3.63) is 42.0 Å². The van der Waals surface area contributed by atoms with E-state index in [4.69, 9.17) is 9.26 Å². The summed E-state index contributed by atoms with van der Waals surface area (Å²) in [5.74, 6) is 2.00. The lowest BCUT2D eigenvalue weighted by molar-refractivity contribution is -0.274. The van der Waals surface area contributed by atoms with Gasteiger partial charge in [-0.25, -0.2) is 0 Å². The summed E-state index contributed by atoms with van der Waals surface area (Å²) in [6.45, 7) is 0.301. The van der Waals surface area contributed by atoms with E-state index in [1.165, 1.54) is 25.0 Å². The van der Waals surface area contributed by atoms with Gasteiger partial charge in [-0.2, -0.15) is 0 Å². The summed E-state index contributed by atoms with van der Waals surface area (Å²) in [4.78, 5) is 0. The van der Waals surface area contributed by atoms with Crippen LogP contribution in [0.15, 0.2) is 28.8 Å². The highest BCUT2D eigenvalue weighted by atomic mass is 19.4. The first kappa shape index (κ1) is 19.0. The number of nitrogens with zero attached hydrogens (tertiary/aromatic N) is 1. The van der Waals surface area contributed by atoms with Crippen LogP contribution in [0.5, 0.6) is 5.75 Å². The predicted molar refractivity (Wildman–Crippen MR) is 98.9 cm³/mol. The van der Waals surface area contributed by atoms with E-state index in [0.717, 1.165) is 37.0 Å². The van der Waals surface area contributed by atoms with Crippen LogP contribution in [0, 0.1) is 18.3 Å². The van der Waals surface area contributed by atoms with E-state index in [1.54, 1.807) is 12.1 Å². The molecular formula is C22H23F3NO3. The summed E-state index contributed by atoms with van der Waals surface area (Å²) >= 11 is 0. The molecule has 2 aromatic rings. The van der Waals surface area contributed by atoms with Crippen molar-refractivity contribution in [2.24, 2.45) is 11.8 Å². The zero-order valence-corrected chi connectivity index (χ0v) is 16.0. The molecule has 7 heteroatoms. The molecule has 3 atom stereocenters. The number of para-hydroxylation sites is 1. The maximum atomic E-state index is 12.9. The van der Waals surface area contributed by atoms with Crippen LogP contribution in [0.4, 0.5) is 13.2 Å². The number of halogens is 3. The van der Waals surface area contributed by atoms with Crippen LogP contribution in [0.25, 0.3) is 11.3 Å². The van der Waals surface area contributed by atoms with Crippen molar-refractivity contribution >= 4 is 0 Å². The summed E-state index contributed by atoms with van der Waals surface area (Å²) in [6.07, 6.45) is 4.37. The van der Waals surface area contributed by atoms with Crippen LogP contribution >= 0.6 is 0 Å². The average Bonchev–Trinajstić information content (AvgIpc) is 3.35. The van der Waals surface area contributed by atoms with Crippen molar-refractivity contribution in [3.63, 3.8) is 0 Å². The number of alkyl halides is 3. The fraction of sp³-hybridized carbons (Fsp3) is 0.545. The molecule has 3 aliphatic rings. The second-order valence-electron chi connectivity index (χ2n) is 8.39. The Morgan fingerprint density at radius 1 is 1.03 bits per heavy atom. The van der Waals surface area contributed by atoms with Crippen molar-refractivity contribution in [1.29, 1.82) is 0 Å². The van der Waals surface area contributed by atoms with Crippen LogP contribution in [-0.4, -0.2) is 17.6 Å². The Hall–Kier alpha value is -2.02. The lowest BCUT2D eigenvalue weighted by Crippen LogP contribution is -2.24. The van der Waals surface area contributed by atoms with Crippen molar-refractivity contribution in [1.82, 2.24) is 5.16 Å². The number of hydrogen-bond donors (Lipinski definition) is 0. The third-order valence-corrected chi connectivity index (χ3v) is 6.18. The molecule has 0 saturated heterocycles. The topological polar surface area (TPSA) is 44.5 Å². The minimum absolute atomic E-state index is 0.175. The van der Waals surface area contributed by atoms with Gasteiger partial charge in [0.15, 0.2) is 0 Å². The van der Waals surface area contributed by atoms with Gasteiger partial charge in [-0.15, -0.1) is 13.2 Å². The largest absolute Gasteiger partial charge is 0.573 e. The molecule has 3 saturated carbocycles. The number of ether oxygens (including phenoxy) is 2. The average molecular weight is 406 g/mol. The number of fused-ring (bicyclic) bond motifs is 2. The summed E-state index contributed by atoms with van der Waals surface area (Å²) < 4.78 is 54.6. The van der Waals surface area contributed by atoms with E-state index in [-0.39, 0.29) is 23.3 Å². The van der Waals surface area contributed by atoms with Gasteiger partial charge in [0.1, 0.15) is 17.2 Å². The smallest absolute Gasteiger partial charge is 0.405 e. The zero-order chi connectivity index (χ0) is 20.0. The van der Waals surface area contributed by atoms with Gasteiger partial charge < -0.3 is 14.0 Å². The highest BCUT2D eigenvalue weighted by molar-refractivity contribution is 5.70. The zero-order valence-electron chi connectivity index (χ0n) is 16.0. The molecule has 0 unspecified atom stereocenters. The number of rotatable bonds is 6. The van der Waals surface area contributed by atoms with Gasteiger partial charge in [0, 0.05) is 17.0 Å². The van der Waals surface area contributed by atoms with Gasteiger partial charge in [-0.1, -0.05) is 17.3 Å². The maximum absolute atomic E-state index is 12.9. The fourth-order valence-corrected chi connectivity index (χ4v) is 4.72. The normalized spacial score (nSPS) is 26.7. The highest BCUT2D eigenvalue weighted by Gasteiger charge is 2.37. The highest BCUT2D eigenvalue weighted by Crippen LogP contribution is 2.47. The van der Waals surface area contributed by atoms with Gasteiger partial charge in [0.25, 0.3) is 0 Å². The molecule has 1 aromatic carbocycles. The Morgan fingerprint density at radius 2 is 1.76 bits per heavy atom. The molecule has 1 radical (unpaired) electrons. The molecule has 0 N–H and O–H groups in total. The maximum Gasteiger partial charge on any atom is 0.573 e. The Bertz CT molecular complexity index is 862. The predicted octanol–water partition coefficient (Wildman–Crippen LogP) is 6.03. The van der Waals surface area contributed by atoms with Gasteiger partial charge in [-0.3, -0.25) is 0 Å². The standard InChI is InChI=1S/C22H23F3NO3/c23-22(24,25)28-19-4-2-1-3-17(19)20-18(21(29-26-20)15-7-8-15)12-27-16-10-13-5-6-14(9-13)11-16/h1-4,9,13-16H,5-8,10-12H2/t13-,14+,16-. The Balaban J connectivity index is 1.41. The van der Waals surface area contributed by atoms with E-state index in [9.17, 15) is 13.2 Å². The van der Waals surface area contributed by atoms with Gasteiger partial charge >= 0.3 is 6.36 Å². The lowest BCUT2D eigenvalue weighted by Gasteiger charge is -2.27. The van der Waals surface area contributed by atoms with Crippen molar-refractivity contribution < 1.29 is 27.2 Å². The van der Waals surface area contributed by atoms with E-state index in [1.807, 2.05) is 0 Å². The summed E-state index contributed by atoms with van der Waals surface area (Å²) in [5.41, 5.74) is 1.42. The fourth-order valence-electron chi connectivity index (χ4n) is 4.72. The molecule has 2 bridgehead atoms. The number of aromatic nitrogens is 1. The molecule has 155 valence electrons. The minimum Gasteiger partial charge on any atom is -0.405 e. The van der Waals surface area contributed by atoms with Crippen molar-refractivity contribution in [3.8, 4) is 17.0 Å². The molecule has 3 aliphatic carbocycles. The lowest BCUT2D eigenvalue weighted by atomic mass is 9.87. The molecule has 1 heterocycles. The monoisotopic (exact) mass is 406 g/mol. The molecule has 0 aliphatic heterocycles. The number of benzene rings is 1. The summed E-state index contributed by atoms with van der Waals surface area (Å²) in [6, 6.07) is 6.06. The van der Waals surface area contributed by atoms with Gasteiger partial charge in [0.05, 0.1) is 12.7 Å². The van der Waals surface area contributed by atoms with Crippen LogP contribution in [0.2, 0.25) is 0 Å². The molecule has 0 spiro atoms. The Morgan fingerprint density at radius 3 is 2.45 bits per heavy atom. The third-order valence-electron chi connectivity index (χ3n) is 6.18. The first-order chi connectivity index (χ1) is 14.0. The molecule has 0 amide bonds. The first-order valence-corrected chi connectivity index (χ1v) is 10.3. The van der Waals surface area contributed by atoms with Crippen LogP contribution in [0.3, 0.4) is 0 Å². The van der Waals surface area contributed by atoms with E-state index in [2.05, 4.69) is 16.3 Å². The van der Waals surface area contributed by atoms with Crippen LogP contribution in [-0.2, 0) is 11.3 Å². The van der Waals surface area contributed by atoms with Crippen molar-refractivity contribution in [2.75, 3.05) is 0 Å². The third kappa shape index (κ3) is 4.15. The molecule has 29 heavy (non-hydrogen) atoms. The minimum atomic E-state index is -4.77. The molecule has 4 nitrogen and oxygen atoms in total. The molecule has 5 rings (SSSR count). The Kier molecular flexibility index (Phi) is 4.81. The van der Waals surface area contributed by atoms with Crippen LogP contribution < -0.4 is 4.74 Å². The SMILES string of the molecule is FC(F)(F)Oc1ccccc1-c1noc(C2CC2)c1CO[C@H]1C[C@@H]2[CH][C@@H](CC2)C1. The first-order valence-electron chi connectivity index (χ1n) is 10.3. The summed E-state index contributed by atoms with van der Waals surface area (Å²) in [7, 11) is 0. The quantitative estimate of drug-likeness (QED) is 0.588. The Labute approximate surface area is 167 Å². The number of hydrogen-bond acceptors (Lipinski definition) is 4.